The van der Waals surface area contributed by atoms with E-state index in [0.717, 1.165) is 29.8 Å². The summed E-state index contributed by atoms with van der Waals surface area (Å²) >= 11 is 7.01. The summed E-state index contributed by atoms with van der Waals surface area (Å²) in [6, 6.07) is 7.32. The average Bonchev–Trinajstić information content (AvgIpc) is 2.81. The maximum Gasteiger partial charge on any atom is 0.251 e. The molecule has 1 unspecified atom stereocenters. The van der Waals surface area contributed by atoms with E-state index in [1.165, 1.54) is 0 Å². The predicted molar refractivity (Wildman–Crippen MR) is 103 cm³/mol. The van der Waals surface area contributed by atoms with Gasteiger partial charge < -0.3 is 10.6 Å². The van der Waals surface area contributed by atoms with Crippen LogP contribution < -0.4 is 10.6 Å². The maximum absolute atomic E-state index is 12.5. The summed E-state index contributed by atoms with van der Waals surface area (Å²) in [6.45, 7) is 2.38. The van der Waals surface area contributed by atoms with Crippen molar-refractivity contribution in [3.05, 3.63) is 29.8 Å². The highest BCUT2D eigenvalue weighted by Gasteiger charge is 2.34. The molecular weight excluding hydrogens is 342 g/mol. The van der Waals surface area contributed by atoms with Gasteiger partial charge in [0, 0.05) is 12.1 Å². The fourth-order valence-electron chi connectivity index (χ4n) is 2.54. The summed E-state index contributed by atoms with van der Waals surface area (Å²) in [5, 5.41) is 6.45. The van der Waals surface area contributed by atoms with Crippen LogP contribution in [0.4, 0.5) is 5.69 Å². The van der Waals surface area contributed by atoms with Crippen molar-refractivity contribution in [2.24, 2.45) is 0 Å². The zero-order valence-corrected chi connectivity index (χ0v) is 15.6. The lowest BCUT2D eigenvalue weighted by molar-refractivity contribution is -0.127. The monoisotopic (exact) mass is 365 g/mol. The molecule has 1 aromatic carbocycles. The van der Waals surface area contributed by atoms with Crippen LogP contribution in [0, 0.1) is 0 Å². The zero-order chi connectivity index (χ0) is 17.5. The van der Waals surface area contributed by atoms with Crippen molar-refractivity contribution in [3.63, 3.8) is 0 Å². The quantitative estimate of drug-likeness (QED) is 0.694. The first kappa shape index (κ1) is 18.7. The van der Waals surface area contributed by atoms with Crippen LogP contribution in [0.1, 0.15) is 31.7 Å². The summed E-state index contributed by atoms with van der Waals surface area (Å²) in [5.74, 6) is 0.939. The SMILES string of the molecule is CCCC(=O)Nc1cccc(CN2C(=O)C(CCSC)NC2=S)c1. The minimum absolute atomic E-state index is 0.00113. The lowest BCUT2D eigenvalue weighted by Gasteiger charge is -2.16. The first-order valence-corrected chi connectivity index (χ1v) is 9.85. The molecule has 1 aliphatic heterocycles. The fraction of sp³-hybridized carbons (Fsp3) is 0.471. The number of rotatable bonds is 8. The molecule has 2 N–H and O–H groups in total. The Hall–Kier alpha value is -1.60. The Bertz CT molecular complexity index is 622. The molecule has 1 saturated heterocycles. The fourth-order valence-corrected chi connectivity index (χ4v) is 3.31. The summed E-state index contributed by atoms with van der Waals surface area (Å²) < 4.78 is 0. The van der Waals surface area contributed by atoms with Gasteiger partial charge in [0.2, 0.25) is 5.91 Å². The minimum Gasteiger partial charge on any atom is -0.350 e. The summed E-state index contributed by atoms with van der Waals surface area (Å²) in [5.41, 5.74) is 1.68. The Morgan fingerprint density at radius 1 is 1.46 bits per heavy atom. The number of carbonyl (C=O) groups excluding carboxylic acids is 2. The van der Waals surface area contributed by atoms with Gasteiger partial charge in [0.25, 0.3) is 5.91 Å². The second-order valence-corrected chi connectivity index (χ2v) is 7.08. The van der Waals surface area contributed by atoms with Crippen LogP contribution in [0.25, 0.3) is 0 Å². The van der Waals surface area contributed by atoms with Crippen molar-refractivity contribution < 1.29 is 9.59 Å². The first-order chi connectivity index (χ1) is 11.5. The number of anilines is 1. The van der Waals surface area contributed by atoms with Gasteiger partial charge in [-0.1, -0.05) is 19.1 Å². The molecule has 130 valence electrons. The molecule has 2 rings (SSSR count). The Balaban J connectivity index is 2.01. The third-order valence-electron chi connectivity index (χ3n) is 3.75. The third-order valence-corrected chi connectivity index (χ3v) is 4.73. The predicted octanol–water partition coefficient (Wildman–Crippen LogP) is 2.76. The van der Waals surface area contributed by atoms with E-state index in [-0.39, 0.29) is 17.9 Å². The van der Waals surface area contributed by atoms with Gasteiger partial charge in [-0.2, -0.15) is 11.8 Å². The van der Waals surface area contributed by atoms with Crippen molar-refractivity contribution >= 4 is 46.6 Å². The van der Waals surface area contributed by atoms with E-state index < -0.39 is 0 Å². The molecule has 1 atom stereocenters. The number of amides is 2. The second-order valence-electron chi connectivity index (χ2n) is 5.71. The van der Waals surface area contributed by atoms with Gasteiger partial charge in [-0.25, -0.2) is 0 Å². The molecule has 7 heteroatoms. The molecule has 0 spiro atoms. The lowest BCUT2D eigenvalue weighted by Crippen LogP contribution is -2.31. The van der Waals surface area contributed by atoms with Crippen LogP contribution in [-0.2, 0) is 16.1 Å². The summed E-state index contributed by atoms with van der Waals surface area (Å²) in [7, 11) is 0. The smallest absolute Gasteiger partial charge is 0.251 e. The zero-order valence-electron chi connectivity index (χ0n) is 14.0. The number of carbonyl (C=O) groups is 2. The Morgan fingerprint density at radius 2 is 2.25 bits per heavy atom. The topological polar surface area (TPSA) is 61.4 Å². The van der Waals surface area contributed by atoms with Crippen molar-refractivity contribution in [1.29, 1.82) is 0 Å². The van der Waals surface area contributed by atoms with E-state index in [0.29, 0.717) is 18.1 Å². The minimum atomic E-state index is -0.225. The van der Waals surface area contributed by atoms with Crippen molar-refractivity contribution in [1.82, 2.24) is 10.2 Å². The summed E-state index contributed by atoms with van der Waals surface area (Å²) in [6.07, 6.45) is 4.10. The maximum atomic E-state index is 12.5. The van der Waals surface area contributed by atoms with Crippen LogP contribution in [0.2, 0.25) is 0 Å². The number of benzene rings is 1. The van der Waals surface area contributed by atoms with Crippen LogP contribution in [-0.4, -0.2) is 39.9 Å². The highest BCUT2D eigenvalue weighted by Crippen LogP contribution is 2.18. The number of hydrogen-bond donors (Lipinski definition) is 2. The molecule has 1 fully saturated rings. The molecule has 0 aromatic heterocycles. The van der Waals surface area contributed by atoms with E-state index in [1.54, 1.807) is 16.7 Å². The highest BCUT2D eigenvalue weighted by molar-refractivity contribution is 7.98. The van der Waals surface area contributed by atoms with Gasteiger partial charge in [-0.15, -0.1) is 0 Å². The highest BCUT2D eigenvalue weighted by atomic mass is 32.2. The number of thioether (sulfide) groups is 1. The number of thiocarbonyl (C=S) groups is 1. The second kappa shape index (κ2) is 9.03. The van der Waals surface area contributed by atoms with Crippen molar-refractivity contribution in [3.8, 4) is 0 Å². The standard InChI is InChI=1S/C17H23N3O2S2/c1-3-5-15(21)18-13-7-4-6-12(10-13)11-20-16(22)14(8-9-24-2)19-17(20)23/h4,6-7,10,14H,3,5,8-9,11H2,1-2H3,(H,18,21)(H,19,23). The molecule has 2 amide bonds. The molecule has 1 heterocycles. The molecule has 0 saturated carbocycles. The Morgan fingerprint density at radius 3 is 2.96 bits per heavy atom. The molecule has 1 aromatic rings. The van der Waals surface area contributed by atoms with Crippen molar-refractivity contribution in [2.45, 2.75) is 38.8 Å². The van der Waals surface area contributed by atoms with Gasteiger partial charge >= 0.3 is 0 Å². The van der Waals surface area contributed by atoms with E-state index >= 15 is 0 Å². The third kappa shape index (κ3) is 4.95. The van der Waals surface area contributed by atoms with Crippen LogP contribution in [0.3, 0.4) is 0 Å². The number of nitrogens with one attached hydrogen (secondary N) is 2. The lowest BCUT2D eigenvalue weighted by atomic mass is 10.1. The molecular formula is C17H23N3O2S2. The first-order valence-electron chi connectivity index (χ1n) is 8.04. The van der Waals surface area contributed by atoms with Gasteiger partial charge in [-0.3, -0.25) is 14.5 Å². The van der Waals surface area contributed by atoms with Gasteiger partial charge in [-0.05, 0) is 54.8 Å². The van der Waals surface area contributed by atoms with Gasteiger partial charge in [0.1, 0.15) is 6.04 Å². The Labute approximate surface area is 152 Å². The normalized spacial score (nSPS) is 17.1. The number of hydrogen-bond acceptors (Lipinski definition) is 4. The van der Waals surface area contributed by atoms with Crippen LogP contribution >= 0.6 is 24.0 Å². The molecule has 24 heavy (non-hydrogen) atoms. The van der Waals surface area contributed by atoms with Crippen LogP contribution in [0.15, 0.2) is 24.3 Å². The van der Waals surface area contributed by atoms with E-state index in [9.17, 15) is 9.59 Å². The average molecular weight is 366 g/mol. The largest absolute Gasteiger partial charge is 0.350 e. The van der Waals surface area contributed by atoms with E-state index in [2.05, 4.69) is 10.6 Å². The molecule has 0 radical (unpaired) electrons. The molecule has 0 aliphatic carbocycles. The summed E-state index contributed by atoms with van der Waals surface area (Å²) in [4.78, 5) is 25.8. The number of nitrogens with zero attached hydrogens (tertiary/aromatic N) is 1. The van der Waals surface area contributed by atoms with Crippen molar-refractivity contribution in [2.75, 3.05) is 17.3 Å². The van der Waals surface area contributed by atoms with E-state index in [1.807, 2.05) is 37.4 Å². The van der Waals surface area contributed by atoms with Gasteiger partial charge in [0.05, 0.1) is 6.54 Å². The Kier molecular flexibility index (Phi) is 7.05. The molecule has 0 bridgehead atoms. The van der Waals surface area contributed by atoms with E-state index in [4.69, 9.17) is 12.2 Å². The van der Waals surface area contributed by atoms with Gasteiger partial charge in [0.15, 0.2) is 5.11 Å². The molecule has 1 aliphatic rings. The molecule has 5 nitrogen and oxygen atoms in total. The van der Waals surface area contributed by atoms with Crippen LogP contribution in [0.5, 0.6) is 0 Å².